The molecule has 39 heavy (non-hydrogen) atoms. The molecule has 0 aliphatic heterocycles. The number of benzene rings is 4. The molecule has 4 nitrogen and oxygen atoms in total. The predicted molar refractivity (Wildman–Crippen MR) is 156 cm³/mol. The molecule has 0 fully saturated rings. The lowest BCUT2D eigenvalue weighted by atomic mass is 9.95. The minimum atomic E-state index is 0.667. The van der Waals surface area contributed by atoms with Crippen molar-refractivity contribution in [3.05, 3.63) is 139 Å². The van der Waals surface area contributed by atoms with Gasteiger partial charge in [0.15, 0.2) is 11.0 Å². The fourth-order valence-corrected chi connectivity index (χ4v) is 5.19. The summed E-state index contributed by atoms with van der Waals surface area (Å²) in [5.74, 6) is 0. The van der Waals surface area contributed by atoms with Crippen LogP contribution in [0.2, 0.25) is 0 Å². The van der Waals surface area contributed by atoms with E-state index in [1.807, 2.05) is 36.5 Å². The SMILES string of the molecule is N#Cc1ccc(-c2ccc(-c3cc(-c4ccc(-c5cccnc5)cc4)c4[nH]c5cccc[n+]5c4c3)cc2)cc1. The van der Waals surface area contributed by atoms with E-state index in [0.29, 0.717) is 5.56 Å². The molecule has 0 aliphatic rings. The van der Waals surface area contributed by atoms with Gasteiger partial charge in [0.25, 0.3) is 5.65 Å². The van der Waals surface area contributed by atoms with E-state index < -0.39 is 0 Å². The van der Waals surface area contributed by atoms with Crippen molar-refractivity contribution in [2.24, 2.45) is 0 Å². The lowest BCUT2D eigenvalue weighted by molar-refractivity contribution is -0.480. The lowest BCUT2D eigenvalue weighted by Crippen LogP contribution is -2.18. The number of H-pyrrole nitrogens is 1. The van der Waals surface area contributed by atoms with Crippen LogP contribution >= 0.6 is 0 Å². The van der Waals surface area contributed by atoms with Crippen molar-refractivity contribution in [3.8, 4) is 50.6 Å². The van der Waals surface area contributed by atoms with Crippen LogP contribution in [-0.4, -0.2) is 9.97 Å². The fraction of sp³-hybridized carbons (Fsp3) is 0. The van der Waals surface area contributed by atoms with E-state index in [9.17, 15) is 0 Å². The fourth-order valence-electron chi connectivity index (χ4n) is 5.19. The maximum Gasteiger partial charge on any atom is 0.284 e. The number of aromatic amines is 1. The maximum atomic E-state index is 9.10. The number of rotatable bonds is 4. The van der Waals surface area contributed by atoms with Gasteiger partial charge in [-0.3, -0.25) is 4.98 Å². The summed E-state index contributed by atoms with van der Waals surface area (Å²) in [6.45, 7) is 0. The van der Waals surface area contributed by atoms with Crippen LogP contribution in [0.25, 0.3) is 61.2 Å². The number of nitrogens with one attached hydrogen (secondary N) is 1. The third kappa shape index (κ3) is 4.13. The minimum absolute atomic E-state index is 0.667. The minimum Gasteiger partial charge on any atom is -0.264 e. The highest BCUT2D eigenvalue weighted by Crippen LogP contribution is 2.34. The second-order valence-corrected chi connectivity index (χ2v) is 9.58. The normalized spacial score (nSPS) is 11.1. The average molecular weight is 500 g/mol. The zero-order chi connectivity index (χ0) is 26.2. The Morgan fingerprint density at radius 2 is 1.26 bits per heavy atom. The number of aromatic nitrogens is 3. The molecule has 7 aromatic rings. The van der Waals surface area contributed by atoms with E-state index in [2.05, 4.69) is 112 Å². The summed E-state index contributed by atoms with van der Waals surface area (Å²) in [4.78, 5) is 7.90. The summed E-state index contributed by atoms with van der Waals surface area (Å²) < 4.78 is 2.21. The van der Waals surface area contributed by atoms with E-state index in [-0.39, 0.29) is 0 Å². The Bertz CT molecular complexity index is 1980. The molecule has 0 amide bonds. The van der Waals surface area contributed by atoms with E-state index in [1.54, 1.807) is 6.20 Å². The summed E-state index contributed by atoms with van der Waals surface area (Å²) in [5, 5.41) is 9.10. The molecule has 1 N–H and O–H groups in total. The molecule has 4 aromatic carbocycles. The molecular formula is C35H23N4+. The van der Waals surface area contributed by atoms with Crippen molar-refractivity contribution in [1.82, 2.24) is 9.97 Å². The van der Waals surface area contributed by atoms with Gasteiger partial charge in [0, 0.05) is 24.0 Å². The van der Waals surface area contributed by atoms with Crippen molar-refractivity contribution in [2.75, 3.05) is 0 Å². The first-order chi connectivity index (χ1) is 19.3. The van der Waals surface area contributed by atoms with Gasteiger partial charge in [-0.2, -0.15) is 9.66 Å². The molecule has 0 atom stereocenters. The molecule has 0 spiro atoms. The molecule has 0 saturated carbocycles. The first kappa shape index (κ1) is 22.7. The summed E-state index contributed by atoms with van der Waals surface area (Å²) in [5.41, 5.74) is 13.0. The number of pyridine rings is 2. The highest BCUT2D eigenvalue weighted by Gasteiger charge is 2.18. The zero-order valence-electron chi connectivity index (χ0n) is 21.0. The molecule has 0 aliphatic carbocycles. The monoisotopic (exact) mass is 499 g/mol. The van der Waals surface area contributed by atoms with Gasteiger partial charge < -0.3 is 0 Å². The number of hydrogen-bond donors (Lipinski definition) is 1. The lowest BCUT2D eigenvalue weighted by Gasteiger charge is -2.09. The molecule has 3 heterocycles. The Morgan fingerprint density at radius 3 is 1.92 bits per heavy atom. The van der Waals surface area contributed by atoms with Crippen molar-refractivity contribution in [2.45, 2.75) is 0 Å². The molecular weight excluding hydrogens is 476 g/mol. The Morgan fingerprint density at radius 1 is 0.615 bits per heavy atom. The van der Waals surface area contributed by atoms with Crippen molar-refractivity contribution >= 4 is 16.7 Å². The van der Waals surface area contributed by atoms with E-state index in [1.165, 1.54) is 0 Å². The number of nitriles is 1. The zero-order valence-corrected chi connectivity index (χ0v) is 21.0. The van der Waals surface area contributed by atoms with Crippen molar-refractivity contribution in [3.63, 3.8) is 0 Å². The van der Waals surface area contributed by atoms with Gasteiger partial charge in [-0.05, 0) is 75.3 Å². The molecule has 0 radical (unpaired) electrons. The summed E-state index contributed by atoms with van der Waals surface area (Å²) in [6, 6.07) is 42.0. The topological polar surface area (TPSA) is 56.6 Å². The number of fused-ring (bicyclic) bond motifs is 3. The first-order valence-corrected chi connectivity index (χ1v) is 12.8. The molecule has 4 heteroatoms. The average Bonchev–Trinajstić information content (AvgIpc) is 3.40. The Kier molecular flexibility index (Phi) is 5.46. The van der Waals surface area contributed by atoms with Gasteiger partial charge >= 0.3 is 0 Å². The van der Waals surface area contributed by atoms with Gasteiger partial charge in [-0.25, -0.2) is 4.98 Å². The van der Waals surface area contributed by atoms with Crippen molar-refractivity contribution in [1.29, 1.82) is 5.26 Å². The highest BCUT2D eigenvalue weighted by atomic mass is 15.0. The van der Waals surface area contributed by atoms with E-state index in [0.717, 1.165) is 61.2 Å². The van der Waals surface area contributed by atoms with Crippen LogP contribution in [0, 0.1) is 11.3 Å². The molecule has 3 aromatic heterocycles. The van der Waals surface area contributed by atoms with Gasteiger partial charge in [0.2, 0.25) is 0 Å². The second kappa shape index (κ2) is 9.41. The van der Waals surface area contributed by atoms with Crippen LogP contribution in [-0.2, 0) is 0 Å². The van der Waals surface area contributed by atoms with Crippen LogP contribution in [0.1, 0.15) is 5.56 Å². The van der Waals surface area contributed by atoms with Gasteiger partial charge in [-0.1, -0.05) is 72.8 Å². The number of nitrogens with zero attached hydrogens (tertiary/aromatic N) is 3. The number of imidazole rings is 1. The molecule has 7 rings (SSSR count). The van der Waals surface area contributed by atoms with E-state index >= 15 is 0 Å². The summed E-state index contributed by atoms with van der Waals surface area (Å²) in [7, 11) is 0. The Hall–Kier alpha value is -5.53. The highest BCUT2D eigenvalue weighted by molar-refractivity contribution is 5.96. The largest absolute Gasteiger partial charge is 0.284 e. The second-order valence-electron chi connectivity index (χ2n) is 9.58. The van der Waals surface area contributed by atoms with Crippen molar-refractivity contribution < 1.29 is 4.40 Å². The Balaban J connectivity index is 1.34. The molecule has 182 valence electrons. The van der Waals surface area contributed by atoms with Crippen LogP contribution in [0.5, 0.6) is 0 Å². The van der Waals surface area contributed by atoms with Gasteiger partial charge in [-0.15, -0.1) is 0 Å². The van der Waals surface area contributed by atoms with Crippen LogP contribution in [0.15, 0.2) is 134 Å². The summed E-state index contributed by atoms with van der Waals surface area (Å²) in [6.07, 6.45) is 5.79. The van der Waals surface area contributed by atoms with Crippen LogP contribution in [0.4, 0.5) is 0 Å². The van der Waals surface area contributed by atoms with Crippen LogP contribution in [0.3, 0.4) is 0 Å². The number of hydrogen-bond acceptors (Lipinski definition) is 2. The summed E-state index contributed by atoms with van der Waals surface area (Å²) >= 11 is 0. The van der Waals surface area contributed by atoms with Gasteiger partial charge in [0.05, 0.1) is 17.8 Å². The molecule has 0 bridgehead atoms. The third-order valence-electron chi connectivity index (χ3n) is 7.25. The molecule has 0 saturated heterocycles. The third-order valence-corrected chi connectivity index (χ3v) is 7.25. The predicted octanol–water partition coefficient (Wildman–Crippen LogP) is 7.84. The maximum absolute atomic E-state index is 9.10. The quantitative estimate of drug-likeness (QED) is 0.251. The Labute approximate surface area is 226 Å². The smallest absolute Gasteiger partial charge is 0.264 e. The first-order valence-electron chi connectivity index (χ1n) is 12.8. The van der Waals surface area contributed by atoms with E-state index in [4.69, 9.17) is 5.26 Å². The standard InChI is InChI=1S/C35H22N4/c36-22-24-6-8-25(9-7-24)26-10-12-28(13-11-26)31-20-32(35-33(21-31)39-19-2-1-5-34(39)38-35)29-16-14-27(15-17-29)30-4-3-18-37-23-30/h1-21,23H/p+1. The van der Waals surface area contributed by atoms with Gasteiger partial charge in [0.1, 0.15) is 0 Å². The van der Waals surface area contributed by atoms with Crippen LogP contribution < -0.4 is 4.40 Å². The molecule has 0 unspecified atom stereocenters.